The molecule has 86 valence electrons. The van der Waals surface area contributed by atoms with Crippen LogP contribution in [-0.2, 0) is 6.42 Å². The normalized spacial score (nSPS) is 14.1. The van der Waals surface area contributed by atoms with E-state index in [4.69, 9.17) is 4.74 Å². The first-order valence-electron chi connectivity index (χ1n) is 5.67. The molecular formula is C14H13NOS. The summed E-state index contributed by atoms with van der Waals surface area (Å²) in [7, 11) is 0. The molecule has 0 radical (unpaired) electrons. The van der Waals surface area contributed by atoms with Gasteiger partial charge in [-0.1, -0.05) is 24.3 Å². The summed E-state index contributed by atoms with van der Waals surface area (Å²) in [6.45, 7) is 1.04. The molecule has 0 bridgehead atoms. The molecule has 0 aromatic heterocycles. The Morgan fingerprint density at radius 2 is 1.88 bits per heavy atom. The van der Waals surface area contributed by atoms with Gasteiger partial charge >= 0.3 is 0 Å². The summed E-state index contributed by atoms with van der Waals surface area (Å²) in [5.74, 6) is 1.77. The molecule has 1 heterocycles. The number of ether oxygens (including phenoxy) is 1. The Morgan fingerprint density at radius 1 is 1.00 bits per heavy atom. The van der Waals surface area contributed by atoms with Crippen molar-refractivity contribution in [3.8, 4) is 11.5 Å². The standard InChI is InChI=1S/C14H13NOS/c1-2-4-12(5-3-1)16-13-7-6-11-8-9-15-17-14(11)10-13/h1-7,10,15H,8-9H2. The minimum Gasteiger partial charge on any atom is -0.457 e. The molecule has 1 N–H and O–H groups in total. The fourth-order valence-electron chi connectivity index (χ4n) is 1.84. The van der Waals surface area contributed by atoms with Crippen molar-refractivity contribution >= 4 is 11.9 Å². The van der Waals surface area contributed by atoms with E-state index < -0.39 is 0 Å². The maximum atomic E-state index is 5.80. The van der Waals surface area contributed by atoms with E-state index in [2.05, 4.69) is 16.9 Å². The molecule has 2 aromatic carbocycles. The van der Waals surface area contributed by atoms with Crippen LogP contribution in [0.4, 0.5) is 0 Å². The molecule has 1 aliphatic rings. The van der Waals surface area contributed by atoms with Gasteiger partial charge < -0.3 is 4.74 Å². The van der Waals surface area contributed by atoms with Gasteiger partial charge in [0.2, 0.25) is 0 Å². The van der Waals surface area contributed by atoms with Gasteiger partial charge in [0, 0.05) is 11.4 Å². The molecular weight excluding hydrogens is 230 g/mol. The highest BCUT2D eigenvalue weighted by molar-refractivity contribution is 7.97. The summed E-state index contributed by atoms with van der Waals surface area (Å²) >= 11 is 1.68. The number of hydrogen-bond acceptors (Lipinski definition) is 3. The predicted octanol–water partition coefficient (Wildman–Crippen LogP) is 3.63. The van der Waals surface area contributed by atoms with Crippen LogP contribution in [0.2, 0.25) is 0 Å². The van der Waals surface area contributed by atoms with E-state index in [9.17, 15) is 0 Å². The topological polar surface area (TPSA) is 21.3 Å². The lowest BCUT2D eigenvalue weighted by Crippen LogP contribution is -2.14. The fraction of sp³-hybridized carbons (Fsp3) is 0.143. The molecule has 0 amide bonds. The molecule has 0 atom stereocenters. The molecule has 3 rings (SSSR count). The summed E-state index contributed by atoms with van der Waals surface area (Å²) in [4.78, 5) is 1.27. The minimum absolute atomic E-state index is 0.876. The third-order valence-corrected chi connectivity index (χ3v) is 3.64. The summed E-state index contributed by atoms with van der Waals surface area (Å²) in [5, 5.41) is 0. The molecule has 3 heteroatoms. The Bertz CT molecular complexity index is 513. The maximum absolute atomic E-state index is 5.80. The third-order valence-electron chi connectivity index (χ3n) is 2.70. The van der Waals surface area contributed by atoms with Crippen LogP contribution in [-0.4, -0.2) is 6.54 Å². The van der Waals surface area contributed by atoms with Crippen LogP contribution in [0.25, 0.3) is 0 Å². The number of para-hydroxylation sites is 1. The first-order valence-corrected chi connectivity index (χ1v) is 6.49. The van der Waals surface area contributed by atoms with E-state index in [1.807, 2.05) is 36.4 Å². The highest BCUT2D eigenvalue weighted by atomic mass is 32.2. The maximum Gasteiger partial charge on any atom is 0.128 e. The smallest absolute Gasteiger partial charge is 0.128 e. The highest BCUT2D eigenvalue weighted by Gasteiger charge is 2.10. The van der Waals surface area contributed by atoms with Gasteiger partial charge in [0.25, 0.3) is 0 Å². The van der Waals surface area contributed by atoms with Crippen LogP contribution in [0.15, 0.2) is 53.4 Å². The average molecular weight is 243 g/mol. The number of benzene rings is 2. The van der Waals surface area contributed by atoms with Gasteiger partial charge in [0.15, 0.2) is 0 Å². The number of hydrogen-bond donors (Lipinski definition) is 1. The van der Waals surface area contributed by atoms with Crippen LogP contribution < -0.4 is 9.46 Å². The highest BCUT2D eigenvalue weighted by Crippen LogP contribution is 2.30. The van der Waals surface area contributed by atoms with E-state index in [-0.39, 0.29) is 0 Å². The quantitative estimate of drug-likeness (QED) is 0.814. The lowest BCUT2D eigenvalue weighted by molar-refractivity contribution is 0.481. The summed E-state index contributed by atoms with van der Waals surface area (Å²) in [6.07, 6.45) is 1.09. The molecule has 0 saturated carbocycles. The predicted molar refractivity (Wildman–Crippen MR) is 70.5 cm³/mol. The van der Waals surface area contributed by atoms with Crippen LogP contribution in [0, 0.1) is 0 Å². The van der Waals surface area contributed by atoms with Crippen LogP contribution in [0.5, 0.6) is 11.5 Å². The van der Waals surface area contributed by atoms with Crippen molar-refractivity contribution in [1.29, 1.82) is 0 Å². The zero-order valence-electron chi connectivity index (χ0n) is 9.35. The van der Waals surface area contributed by atoms with Crippen LogP contribution in [0.1, 0.15) is 5.56 Å². The Morgan fingerprint density at radius 3 is 2.76 bits per heavy atom. The average Bonchev–Trinajstić information content (AvgIpc) is 2.40. The van der Waals surface area contributed by atoms with Crippen LogP contribution >= 0.6 is 11.9 Å². The third kappa shape index (κ3) is 2.46. The monoisotopic (exact) mass is 243 g/mol. The van der Waals surface area contributed by atoms with E-state index in [1.54, 1.807) is 11.9 Å². The largest absolute Gasteiger partial charge is 0.457 e. The summed E-state index contributed by atoms with van der Waals surface area (Å²) in [6, 6.07) is 16.2. The second-order valence-corrected chi connectivity index (χ2v) is 4.86. The van der Waals surface area contributed by atoms with Crippen LogP contribution in [0.3, 0.4) is 0 Å². The van der Waals surface area contributed by atoms with E-state index in [0.717, 1.165) is 24.5 Å². The fourth-order valence-corrected chi connectivity index (χ4v) is 2.67. The van der Waals surface area contributed by atoms with Gasteiger partial charge in [-0.05, 0) is 48.2 Å². The SMILES string of the molecule is c1ccc(Oc2ccc3c(c2)SNCC3)cc1. The molecule has 0 saturated heterocycles. The molecule has 0 spiro atoms. The van der Waals surface area contributed by atoms with Gasteiger partial charge in [-0.2, -0.15) is 0 Å². The first-order chi connectivity index (χ1) is 8.42. The van der Waals surface area contributed by atoms with E-state index >= 15 is 0 Å². The Labute approximate surface area is 105 Å². The zero-order chi connectivity index (χ0) is 11.5. The van der Waals surface area contributed by atoms with Crippen molar-refractivity contribution in [3.63, 3.8) is 0 Å². The zero-order valence-corrected chi connectivity index (χ0v) is 10.2. The van der Waals surface area contributed by atoms with Gasteiger partial charge in [0.05, 0.1) is 0 Å². The Hall–Kier alpha value is -1.45. The molecule has 2 aromatic rings. The van der Waals surface area contributed by atoms with Crippen molar-refractivity contribution in [2.24, 2.45) is 0 Å². The second-order valence-electron chi connectivity index (χ2n) is 3.93. The Balaban J connectivity index is 1.84. The van der Waals surface area contributed by atoms with Crippen molar-refractivity contribution in [2.45, 2.75) is 11.3 Å². The van der Waals surface area contributed by atoms with Crippen molar-refractivity contribution in [2.75, 3.05) is 6.54 Å². The van der Waals surface area contributed by atoms with Gasteiger partial charge in [-0.15, -0.1) is 0 Å². The van der Waals surface area contributed by atoms with Crippen molar-refractivity contribution < 1.29 is 4.74 Å². The summed E-state index contributed by atoms with van der Waals surface area (Å²) in [5.41, 5.74) is 1.40. The van der Waals surface area contributed by atoms with E-state index in [0.29, 0.717) is 0 Å². The van der Waals surface area contributed by atoms with Gasteiger partial charge in [-0.3, -0.25) is 4.72 Å². The van der Waals surface area contributed by atoms with E-state index in [1.165, 1.54) is 10.5 Å². The molecule has 0 fully saturated rings. The molecule has 1 aliphatic heterocycles. The number of rotatable bonds is 2. The number of nitrogens with one attached hydrogen (secondary N) is 1. The Kier molecular flexibility index (Phi) is 3.03. The molecule has 0 unspecified atom stereocenters. The summed E-state index contributed by atoms with van der Waals surface area (Å²) < 4.78 is 9.10. The van der Waals surface area contributed by atoms with Crippen molar-refractivity contribution in [3.05, 3.63) is 54.1 Å². The lowest BCUT2D eigenvalue weighted by Gasteiger charge is -2.16. The first kappa shape index (κ1) is 10.7. The molecule has 2 nitrogen and oxygen atoms in total. The molecule has 0 aliphatic carbocycles. The van der Waals surface area contributed by atoms with Gasteiger partial charge in [-0.25, -0.2) is 0 Å². The second kappa shape index (κ2) is 4.82. The number of fused-ring (bicyclic) bond motifs is 1. The van der Waals surface area contributed by atoms with Crippen molar-refractivity contribution in [1.82, 2.24) is 4.72 Å². The van der Waals surface area contributed by atoms with Gasteiger partial charge in [0.1, 0.15) is 11.5 Å². The molecule has 17 heavy (non-hydrogen) atoms. The lowest BCUT2D eigenvalue weighted by atomic mass is 10.1. The minimum atomic E-state index is 0.876.